The van der Waals surface area contributed by atoms with E-state index in [0.29, 0.717) is 39.5 Å². The summed E-state index contributed by atoms with van der Waals surface area (Å²) in [5.41, 5.74) is 4.30. The van der Waals surface area contributed by atoms with E-state index in [2.05, 4.69) is 6.92 Å². The molecule has 0 saturated heterocycles. The molecule has 0 radical (unpaired) electrons. The van der Waals surface area contributed by atoms with E-state index >= 15 is 0 Å². The molecule has 0 spiro atoms. The van der Waals surface area contributed by atoms with Gasteiger partial charge in [-0.3, -0.25) is 0 Å². The number of hydrogen-bond donors (Lipinski definition) is 0. The van der Waals surface area contributed by atoms with Gasteiger partial charge in [0, 0.05) is 0 Å². The van der Waals surface area contributed by atoms with Crippen LogP contribution in [0.15, 0.2) is 47.3 Å². The van der Waals surface area contributed by atoms with Gasteiger partial charge in [-0.1, -0.05) is 45.4 Å². The first-order valence-corrected chi connectivity index (χ1v) is 15.7. The highest BCUT2D eigenvalue weighted by Crippen LogP contribution is 2.28. The van der Waals surface area contributed by atoms with Crippen molar-refractivity contribution in [2.75, 3.05) is 52.9 Å². The first-order chi connectivity index (χ1) is 20.1. The predicted octanol–water partition coefficient (Wildman–Crippen LogP) is 8.59. The Bertz CT molecular complexity index is 691. The molecule has 0 aromatic carbocycles. The summed E-state index contributed by atoms with van der Waals surface area (Å²) in [6.45, 7) is 20.7. The zero-order valence-corrected chi connectivity index (χ0v) is 28.3. The normalized spacial score (nSPS) is 11.7. The van der Waals surface area contributed by atoms with Gasteiger partial charge >= 0.3 is 5.97 Å². The van der Waals surface area contributed by atoms with Gasteiger partial charge < -0.3 is 37.9 Å². The van der Waals surface area contributed by atoms with Crippen LogP contribution < -0.4 is 0 Å². The van der Waals surface area contributed by atoms with E-state index in [1.165, 1.54) is 25.7 Å². The third-order valence-electron chi connectivity index (χ3n) is 5.52. The number of ether oxygens (including phenoxy) is 8. The van der Waals surface area contributed by atoms with Crippen LogP contribution in [0.3, 0.4) is 0 Å². The second-order valence-electron chi connectivity index (χ2n) is 11.3. The maximum absolute atomic E-state index is 6.42. The molecule has 246 valence electrons. The van der Waals surface area contributed by atoms with E-state index in [0.717, 1.165) is 35.1 Å². The Labute approximate surface area is 257 Å². The molecule has 0 fully saturated rings. The molecule has 0 rings (SSSR count). The highest BCUT2D eigenvalue weighted by atomic mass is 16.9. The van der Waals surface area contributed by atoms with E-state index in [4.69, 9.17) is 37.9 Å². The van der Waals surface area contributed by atoms with Crippen LogP contribution in [0, 0.1) is 0 Å². The standard InChI is InChI=1S/C34H62O8/c1-10-11-12-13-14-15-16-33(39-21-17-35-25-29(2)3)34(40-22-18-36-26-30(4)5,41-23-19-37-27-31(6)7)42-24-20-38-28-32(8)9/h25-28,33H,10-24H2,1-9H3. The van der Waals surface area contributed by atoms with Crippen LogP contribution in [0.5, 0.6) is 0 Å². The van der Waals surface area contributed by atoms with E-state index in [9.17, 15) is 0 Å². The van der Waals surface area contributed by atoms with E-state index < -0.39 is 12.1 Å². The fraction of sp³-hybridized carbons (Fsp3) is 0.765. The maximum Gasteiger partial charge on any atom is 0.311 e. The molecule has 0 heterocycles. The van der Waals surface area contributed by atoms with Crippen molar-refractivity contribution in [1.29, 1.82) is 0 Å². The van der Waals surface area contributed by atoms with Crippen molar-refractivity contribution in [3.05, 3.63) is 47.3 Å². The second kappa shape index (κ2) is 26.6. The first-order valence-electron chi connectivity index (χ1n) is 15.7. The Hall–Kier alpha value is -2.00. The number of hydrogen-bond acceptors (Lipinski definition) is 8. The lowest BCUT2D eigenvalue weighted by Gasteiger charge is -2.39. The van der Waals surface area contributed by atoms with Gasteiger partial charge in [-0.05, 0) is 84.1 Å². The summed E-state index contributed by atoms with van der Waals surface area (Å²) in [4.78, 5) is 0. The van der Waals surface area contributed by atoms with Crippen molar-refractivity contribution in [3.8, 4) is 0 Å². The molecule has 1 unspecified atom stereocenters. The molecule has 8 heteroatoms. The lowest BCUT2D eigenvalue weighted by molar-refractivity contribution is -0.421. The van der Waals surface area contributed by atoms with Gasteiger partial charge in [-0.2, -0.15) is 0 Å². The zero-order valence-electron chi connectivity index (χ0n) is 28.3. The minimum atomic E-state index is -1.48. The van der Waals surface area contributed by atoms with E-state index in [1.807, 2.05) is 55.4 Å². The summed E-state index contributed by atoms with van der Waals surface area (Å²) < 4.78 is 48.2. The highest BCUT2D eigenvalue weighted by Gasteiger charge is 2.44. The van der Waals surface area contributed by atoms with Gasteiger partial charge in [0.1, 0.15) is 32.5 Å². The molecule has 1 atom stereocenters. The number of allylic oxidation sites excluding steroid dienone is 4. The smallest absolute Gasteiger partial charge is 0.311 e. The molecule has 8 nitrogen and oxygen atoms in total. The van der Waals surface area contributed by atoms with E-state index in [-0.39, 0.29) is 19.8 Å². The highest BCUT2D eigenvalue weighted by molar-refractivity contribution is 4.88. The van der Waals surface area contributed by atoms with Gasteiger partial charge in [-0.25, -0.2) is 0 Å². The van der Waals surface area contributed by atoms with Crippen molar-refractivity contribution < 1.29 is 37.9 Å². The molecule has 0 aromatic heterocycles. The summed E-state index contributed by atoms with van der Waals surface area (Å²) in [7, 11) is 0. The van der Waals surface area contributed by atoms with Crippen LogP contribution in [-0.4, -0.2) is 64.9 Å². The summed E-state index contributed by atoms with van der Waals surface area (Å²) in [6.07, 6.45) is 14.0. The summed E-state index contributed by atoms with van der Waals surface area (Å²) in [5, 5.41) is 0. The largest absolute Gasteiger partial charge is 0.499 e. The lowest BCUT2D eigenvalue weighted by Crippen LogP contribution is -2.53. The third kappa shape index (κ3) is 23.6. The van der Waals surface area contributed by atoms with Crippen LogP contribution in [0.2, 0.25) is 0 Å². The molecule has 0 bridgehead atoms. The second-order valence-corrected chi connectivity index (χ2v) is 11.3. The van der Waals surface area contributed by atoms with Gasteiger partial charge in [0.2, 0.25) is 0 Å². The van der Waals surface area contributed by atoms with E-state index in [1.54, 1.807) is 25.0 Å². The van der Waals surface area contributed by atoms with Crippen LogP contribution in [0.4, 0.5) is 0 Å². The Balaban J connectivity index is 5.91. The lowest BCUT2D eigenvalue weighted by atomic mass is 10.1. The Morgan fingerprint density at radius 3 is 1.21 bits per heavy atom. The molecule has 0 amide bonds. The predicted molar refractivity (Wildman–Crippen MR) is 170 cm³/mol. The fourth-order valence-corrected chi connectivity index (χ4v) is 3.71. The van der Waals surface area contributed by atoms with Crippen molar-refractivity contribution in [2.45, 2.75) is 119 Å². The first kappa shape index (κ1) is 40.0. The molecule has 42 heavy (non-hydrogen) atoms. The molecule has 0 aliphatic carbocycles. The average molecular weight is 599 g/mol. The summed E-state index contributed by atoms with van der Waals surface area (Å²) >= 11 is 0. The van der Waals surface area contributed by atoms with Gasteiger partial charge in [0.25, 0.3) is 0 Å². The SMILES string of the molecule is CCCCCCCCC(OCCOC=C(C)C)C(OCCOC=C(C)C)(OCCOC=C(C)C)OCCOC=C(C)C. The molecule has 0 aliphatic heterocycles. The van der Waals surface area contributed by atoms with Gasteiger partial charge in [0.05, 0.1) is 51.5 Å². The minimum Gasteiger partial charge on any atom is -0.499 e. The number of rotatable bonds is 28. The zero-order chi connectivity index (χ0) is 31.5. The Kier molecular flexibility index (Phi) is 25.3. The molecular formula is C34H62O8. The fourth-order valence-electron chi connectivity index (χ4n) is 3.71. The Morgan fingerprint density at radius 1 is 0.476 bits per heavy atom. The van der Waals surface area contributed by atoms with Crippen LogP contribution in [-0.2, 0) is 37.9 Å². The van der Waals surface area contributed by atoms with Crippen molar-refractivity contribution >= 4 is 0 Å². The molecular weight excluding hydrogens is 536 g/mol. The van der Waals surface area contributed by atoms with Crippen molar-refractivity contribution in [2.24, 2.45) is 0 Å². The van der Waals surface area contributed by atoms with Gasteiger partial charge in [0.15, 0.2) is 0 Å². The summed E-state index contributed by atoms with van der Waals surface area (Å²) in [5.74, 6) is -1.48. The maximum atomic E-state index is 6.42. The minimum absolute atomic E-state index is 0.248. The third-order valence-corrected chi connectivity index (χ3v) is 5.52. The van der Waals surface area contributed by atoms with Gasteiger partial charge in [-0.15, -0.1) is 0 Å². The number of unbranched alkanes of at least 4 members (excludes halogenated alkanes) is 5. The summed E-state index contributed by atoms with van der Waals surface area (Å²) in [6, 6.07) is 0. The van der Waals surface area contributed by atoms with Crippen LogP contribution in [0.25, 0.3) is 0 Å². The van der Waals surface area contributed by atoms with Crippen molar-refractivity contribution in [3.63, 3.8) is 0 Å². The molecule has 0 N–H and O–H groups in total. The average Bonchev–Trinajstić information content (AvgIpc) is 2.92. The Morgan fingerprint density at radius 2 is 0.833 bits per heavy atom. The van der Waals surface area contributed by atoms with Crippen LogP contribution in [0.1, 0.15) is 107 Å². The monoisotopic (exact) mass is 598 g/mol. The van der Waals surface area contributed by atoms with Crippen molar-refractivity contribution in [1.82, 2.24) is 0 Å². The topological polar surface area (TPSA) is 73.8 Å². The molecule has 0 aromatic rings. The molecule has 0 aliphatic rings. The quantitative estimate of drug-likeness (QED) is 0.0504. The van der Waals surface area contributed by atoms with Crippen LogP contribution >= 0.6 is 0 Å². The molecule has 0 saturated carbocycles.